The maximum Gasteiger partial charge on any atom is 0.405 e. The van der Waals surface area contributed by atoms with Crippen LogP contribution >= 0.6 is 0 Å². The Bertz CT molecular complexity index is 796. The number of benzene rings is 1. The lowest BCUT2D eigenvalue weighted by Crippen LogP contribution is -2.38. The van der Waals surface area contributed by atoms with Gasteiger partial charge >= 0.3 is 6.18 Å². The lowest BCUT2D eigenvalue weighted by molar-refractivity contribution is -0.123. The van der Waals surface area contributed by atoms with Crippen LogP contribution in [0.15, 0.2) is 36.4 Å². The van der Waals surface area contributed by atoms with Crippen molar-refractivity contribution in [2.45, 2.75) is 24.9 Å². The number of carbonyl (C=O) groups is 2. The Morgan fingerprint density at radius 3 is 2.48 bits per heavy atom. The Labute approximate surface area is 153 Å². The predicted octanol–water partition coefficient (Wildman–Crippen LogP) is 2.72. The van der Waals surface area contributed by atoms with E-state index in [1.54, 1.807) is 22.3 Å². The zero-order valence-electron chi connectivity index (χ0n) is 14.4. The van der Waals surface area contributed by atoms with E-state index in [-0.39, 0.29) is 17.5 Å². The number of likely N-dealkylation sites (tertiary alicyclic amines) is 1. The molecule has 0 aliphatic carbocycles. The molecule has 0 unspecified atom stereocenters. The van der Waals surface area contributed by atoms with Crippen molar-refractivity contribution in [2.24, 2.45) is 0 Å². The van der Waals surface area contributed by atoms with E-state index in [1.165, 1.54) is 6.07 Å². The molecule has 0 radical (unpaired) electrons. The van der Waals surface area contributed by atoms with Crippen molar-refractivity contribution in [2.75, 3.05) is 19.6 Å². The first-order valence-electron chi connectivity index (χ1n) is 8.58. The lowest BCUT2D eigenvalue weighted by Gasteiger charge is -2.31. The van der Waals surface area contributed by atoms with Crippen LogP contribution in [0.1, 0.15) is 45.3 Å². The molecule has 1 aromatic carbocycles. The highest BCUT2D eigenvalue weighted by molar-refractivity contribution is 5.94. The summed E-state index contributed by atoms with van der Waals surface area (Å²) in [6.07, 6.45) is -3.10. The minimum atomic E-state index is -4.47. The largest absolute Gasteiger partial charge is 0.405 e. The summed E-state index contributed by atoms with van der Waals surface area (Å²) in [5.41, 5.74) is 1.26. The van der Waals surface area contributed by atoms with Gasteiger partial charge in [-0.15, -0.1) is 0 Å². The van der Waals surface area contributed by atoms with Gasteiger partial charge in [-0.25, -0.2) is 0 Å². The fourth-order valence-electron chi connectivity index (χ4n) is 3.09. The quantitative estimate of drug-likeness (QED) is 0.856. The number of aromatic nitrogens is 2. The molecule has 1 saturated heterocycles. The third-order valence-electron chi connectivity index (χ3n) is 4.52. The minimum absolute atomic E-state index is 0.0223. The fourth-order valence-corrected chi connectivity index (χ4v) is 3.09. The minimum Gasteiger partial charge on any atom is -0.342 e. The van der Waals surface area contributed by atoms with Crippen molar-refractivity contribution >= 4 is 11.8 Å². The van der Waals surface area contributed by atoms with E-state index >= 15 is 0 Å². The van der Waals surface area contributed by atoms with Crippen LogP contribution in [0.25, 0.3) is 0 Å². The topological polar surface area (TPSA) is 78.1 Å². The summed E-state index contributed by atoms with van der Waals surface area (Å²) >= 11 is 0. The second-order valence-electron chi connectivity index (χ2n) is 6.44. The number of nitrogens with one attached hydrogen (secondary N) is 2. The van der Waals surface area contributed by atoms with Crippen molar-refractivity contribution in [3.8, 4) is 0 Å². The van der Waals surface area contributed by atoms with Gasteiger partial charge in [0.15, 0.2) is 0 Å². The molecule has 3 rings (SSSR count). The van der Waals surface area contributed by atoms with Gasteiger partial charge in [-0.3, -0.25) is 14.7 Å². The highest BCUT2D eigenvalue weighted by Gasteiger charge is 2.29. The van der Waals surface area contributed by atoms with Gasteiger partial charge in [0.2, 0.25) is 0 Å². The molecular formula is C18H19F3N4O2. The molecule has 6 nitrogen and oxygen atoms in total. The maximum absolute atomic E-state index is 12.5. The molecule has 1 aromatic heterocycles. The Hall–Kier alpha value is -2.84. The second-order valence-corrected chi connectivity index (χ2v) is 6.44. The van der Waals surface area contributed by atoms with E-state index in [0.29, 0.717) is 37.2 Å². The first kappa shape index (κ1) is 18.9. The van der Waals surface area contributed by atoms with Crippen molar-refractivity contribution in [1.29, 1.82) is 0 Å². The van der Waals surface area contributed by atoms with Crippen LogP contribution in [-0.2, 0) is 0 Å². The Kier molecular flexibility index (Phi) is 5.48. The van der Waals surface area contributed by atoms with E-state index in [2.05, 4.69) is 10.2 Å². The molecule has 2 N–H and O–H groups in total. The van der Waals surface area contributed by atoms with Gasteiger partial charge in [-0.05, 0) is 31.0 Å². The molecule has 1 aliphatic rings. The summed E-state index contributed by atoms with van der Waals surface area (Å²) in [4.78, 5) is 26.0. The van der Waals surface area contributed by atoms with Crippen LogP contribution in [0, 0.1) is 0 Å². The number of amides is 2. The van der Waals surface area contributed by atoms with E-state index in [9.17, 15) is 22.8 Å². The van der Waals surface area contributed by atoms with Crippen molar-refractivity contribution in [3.05, 3.63) is 53.3 Å². The molecule has 1 fully saturated rings. The van der Waals surface area contributed by atoms with Gasteiger partial charge in [-0.2, -0.15) is 18.3 Å². The average Bonchev–Trinajstić information content (AvgIpc) is 3.16. The molecule has 2 aromatic rings. The summed E-state index contributed by atoms with van der Waals surface area (Å²) in [6, 6.07) is 10.5. The maximum atomic E-state index is 12.5. The van der Waals surface area contributed by atoms with Gasteiger partial charge in [0.05, 0.1) is 0 Å². The molecule has 2 amide bonds. The Balaban J connectivity index is 1.55. The normalized spacial score (nSPS) is 15.6. The SMILES string of the molecule is O=C(NCC(F)(F)F)c1cc(C2CCN(C(=O)c3ccccc3)CC2)[nH]n1. The number of rotatable bonds is 4. The first-order valence-corrected chi connectivity index (χ1v) is 8.58. The second kappa shape index (κ2) is 7.81. The van der Waals surface area contributed by atoms with Crippen LogP contribution in [0.3, 0.4) is 0 Å². The Morgan fingerprint density at radius 1 is 1.19 bits per heavy atom. The number of H-pyrrole nitrogens is 1. The molecular weight excluding hydrogens is 361 g/mol. The highest BCUT2D eigenvalue weighted by atomic mass is 19.4. The van der Waals surface area contributed by atoms with E-state index in [4.69, 9.17) is 0 Å². The highest BCUT2D eigenvalue weighted by Crippen LogP contribution is 2.27. The number of hydrogen-bond acceptors (Lipinski definition) is 3. The first-order chi connectivity index (χ1) is 12.8. The monoisotopic (exact) mass is 380 g/mol. The van der Waals surface area contributed by atoms with E-state index in [0.717, 1.165) is 0 Å². The van der Waals surface area contributed by atoms with Gasteiger partial charge in [-0.1, -0.05) is 18.2 Å². The molecule has 0 atom stereocenters. The van der Waals surface area contributed by atoms with E-state index < -0.39 is 18.6 Å². The number of halogens is 3. The molecule has 27 heavy (non-hydrogen) atoms. The van der Waals surface area contributed by atoms with Crippen LogP contribution in [0.2, 0.25) is 0 Å². The summed E-state index contributed by atoms with van der Waals surface area (Å²) < 4.78 is 36.5. The molecule has 0 spiro atoms. The summed E-state index contributed by atoms with van der Waals surface area (Å²) in [7, 11) is 0. The number of nitrogens with zero attached hydrogens (tertiary/aromatic N) is 2. The number of aromatic amines is 1. The van der Waals surface area contributed by atoms with Crippen molar-refractivity contribution in [1.82, 2.24) is 20.4 Å². The standard InChI is InChI=1S/C18H19F3N4O2/c19-18(20,21)11-22-16(26)15-10-14(23-24-15)12-6-8-25(9-7-12)17(27)13-4-2-1-3-5-13/h1-5,10,12H,6-9,11H2,(H,22,26)(H,23,24). The van der Waals surface area contributed by atoms with E-state index in [1.807, 2.05) is 18.2 Å². The van der Waals surface area contributed by atoms with Crippen molar-refractivity contribution < 1.29 is 22.8 Å². The average molecular weight is 380 g/mol. The molecule has 0 saturated carbocycles. The molecule has 0 bridgehead atoms. The fraction of sp³-hybridized carbons (Fsp3) is 0.389. The van der Waals surface area contributed by atoms with Gasteiger partial charge in [0.25, 0.3) is 11.8 Å². The summed E-state index contributed by atoms with van der Waals surface area (Å²) in [5, 5.41) is 8.34. The van der Waals surface area contributed by atoms with Crippen LogP contribution in [-0.4, -0.2) is 52.7 Å². The number of carbonyl (C=O) groups excluding carboxylic acids is 2. The lowest BCUT2D eigenvalue weighted by atomic mass is 9.93. The van der Waals surface area contributed by atoms with Crippen LogP contribution in [0.5, 0.6) is 0 Å². The predicted molar refractivity (Wildman–Crippen MR) is 91.3 cm³/mol. The van der Waals surface area contributed by atoms with Gasteiger partial charge in [0.1, 0.15) is 12.2 Å². The zero-order valence-corrected chi connectivity index (χ0v) is 14.4. The third kappa shape index (κ3) is 4.87. The van der Waals surface area contributed by atoms with Crippen molar-refractivity contribution in [3.63, 3.8) is 0 Å². The molecule has 1 aliphatic heterocycles. The number of hydrogen-bond donors (Lipinski definition) is 2. The summed E-state index contributed by atoms with van der Waals surface area (Å²) in [6.45, 7) is -0.270. The number of alkyl halides is 3. The zero-order chi connectivity index (χ0) is 19.4. The van der Waals surface area contributed by atoms with Gasteiger partial charge in [0, 0.05) is 30.3 Å². The summed E-state index contributed by atoms with van der Waals surface area (Å²) in [5.74, 6) is -0.820. The van der Waals surface area contributed by atoms with Crippen LogP contribution in [0.4, 0.5) is 13.2 Å². The Morgan fingerprint density at radius 2 is 1.85 bits per heavy atom. The molecule has 9 heteroatoms. The smallest absolute Gasteiger partial charge is 0.342 e. The van der Waals surface area contributed by atoms with Crippen LogP contribution < -0.4 is 5.32 Å². The molecule has 144 valence electrons. The third-order valence-corrected chi connectivity index (χ3v) is 4.52. The van der Waals surface area contributed by atoms with Gasteiger partial charge < -0.3 is 10.2 Å². The molecule has 2 heterocycles. The number of piperidine rings is 1.